The highest BCUT2D eigenvalue weighted by Gasteiger charge is 2.28. The number of nitrogens with zero attached hydrogens (tertiary/aromatic N) is 4. The van der Waals surface area contributed by atoms with Gasteiger partial charge in [-0.1, -0.05) is 12.1 Å². The summed E-state index contributed by atoms with van der Waals surface area (Å²) in [4.78, 5) is 61.8. The van der Waals surface area contributed by atoms with Gasteiger partial charge in [0, 0.05) is 45.1 Å². The lowest BCUT2D eigenvalue weighted by Gasteiger charge is -2.16. The first kappa shape index (κ1) is 32.0. The summed E-state index contributed by atoms with van der Waals surface area (Å²) in [6, 6.07) is 1.95. The summed E-state index contributed by atoms with van der Waals surface area (Å²) >= 11 is 0. The molecule has 0 radical (unpaired) electrons. The van der Waals surface area contributed by atoms with Crippen LogP contribution in [0, 0.1) is 5.82 Å². The molecule has 226 valence electrons. The summed E-state index contributed by atoms with van der Waals surface area (Å²) in [6.07, 6.45) is -1.70. The van der Waals surface area contributed by atoms with Crippen molar-refractivity contribution in [1.82, 2.24) is 29.7 Å². The van der Waals surface area contributed by atoms with Crippen molar-refractivity contribution >= 4 is 28.8 Å². The Balaban J connectivity index is 1.78. The third-order valence-electron chi connectivity index (χ3n) is 6.22. The number of rotatable bonds is 12. The number of hydrogen-bond acceptors (Lipinski definition) is 7. The minimum atomic E-state index is -4.43. The fraction of sp³-hybridized carbons (Fsp3) is 0.407. The monoisotopic (exact) mass is 594 g/mol. The minimum Gasteiger partial charge on any atom is -0.453 e. The van der Waals surface area contributed by atoms with E-state index >= 15 is 0 Å². The molecule has 0 spiro atoms. The van der Waals surface area contributed by atoms with Crippen molar-refractivity contribution < 1.29 is 36.7 Å². The zero-order chi connectivity index (χ0) is 31.0. The van der Waals surface area contributed by atoms with Crippen molar-refractivity contribution in [2.24, 2.45) is 0 Å². The first-order chi connectivity index (χ1) is 19.8. The molecule has 2 amide bonds. The molecular formula is C27H30F4N6O5. The molecule has 0 saturated carbocycles. The van der Waals surface area contributed by atoms with Crippen LogP contribution < -0.4 is 10.9 Å². The number of aryl methyl sites for hydroxylation is 1. The molecule has 3 rings (SSSR count). The molecule has 0 aliphatic heterocycles. The molecule has 0 unspecified atom stereocenters. The lowest BCUT2D eigenvalue weighted by atomic mass is 10.0. The molecule has 3 aromatic rings. The Bertz CT molecular complexity index is 1530. The predicted molar refractivity (Wildman–Crippen MR) is 143 cm³/mol. The number of H-pyrrole nitrogens is 1. The standard InChI is InChI=1S/C27H30F4N6O5/c1-36(2)22(39)9-5-4-8-18(33-26(41)42-3)20(38)13-16-7-6-12-37(25(16)40)15-21-34-23-17(28)14-32-19(24(23)35-21)10-11-27(29,30)31/h5-7,9,12,14,18H,4,8,10-11,13,15H2,1-3H3,(H,33,41)(H,34,35)/b9-5+/t18-/m0/s1. The molecule has 3 aromatic heterocycles. The molecule has 0 fully saturated rings. The SMILES string of the molecule is COC(=O)N[C@@H](CC/C=C/C(=O)N(C)C)C(=O)Cc1cccn(Cc2nc3c(F)cnc(CCC(F)(F)F)c3[nH]2)c1=O. The number of hydrogen-bond donors (Lipinski definition) is 2. The number of amides is 2. The summed E-state index contributed by atoms with van der Waals surface area (Å²) in [5, 5.41) is 2.44. The predicted octanol–water partition coefficient (Wildman–Crippen LogP) is 3.06. The Kier molecular flexibility index (Phi) is 10.6. The second-order valence-electron chi connectivity index (χ2n) is 9.59. The van der Waals surface area contributed by atoms with Crippen LogP contribution in [-0.2, 0) is 33.7 Å². The molecular weight excluding hydrogens is 564 g/mol. The van der Waals surface area contributed by atoms with Crippen molar-refractivity contribution in [2.75, 3.05) is 21.2 Å². The molecule has 3 heterocycles. The summed E-state index contributed by atoms with van der Waals surface area (Å²) in [5.74, 6) is -1.46. The number of pyridine rings is 2. The van der Waals surface area contributed by atoms with Crippen molar-refractivity contribution in [1.29, 1.82) is 0 Å². The summed E-state index contributed by atoms with van der Waals surface area (Å²) in [6.45, 7) is -0.192. The number of likely N-dealkylation sites (N-methyl/N-ethyl adjacent to an activating group) is 1. The van der Waals surface area contributed by atoms with Crippen LogP contribution >= 0.6 is 0 Å². The molecule has 1 atom stereocenters. The van der Waals surface area contributed by atoms with Gasteiger partial charge in [-0.3, -0.25) is 19.4 Å². The van der Waals surface area contributed by atoms with Gasteiger partial charge in [0.05, 0.1) is 37.1 Å². The van der Waals surface area contributed by atoms with E-state index in [0.717, 1.165) is 13.3 Å². The van der Waals surface area contributed by atoms with Crippen LogP contribution in [0.1, 0.15) is 36.3 Å². The van der Waals surface area contributed by atoms with Crippen LogP contribution in [0.5, 0.6) is 0 Å². The number of methoxy groups -OCH3 is 1. The number of alkyl halides is 3. The van der Waals surface area contributed by atoms with Gasteiger partial charge in [-0.15, -0.1) is 0 Å². The number of nitrogens with one attached hydrogen (secondary N) is 2. The van der Waals surface area contributed by atoms with Crippen LogP contribution in [-0.4, -0.2) is 75.6 Å². The van der Waals surface area contributed by atoms with E-state index < -0.39 is 48.3 Å². The maximum atomic E-state index is 14.3. The topological polar surface area (TPSA) is 139 Å². The fourth-order valence-electron chi connectivity index (χ4n) is 4.02. The minimum absolute atomic E-state index is 0.00619. The van der Waals surface area contributed by atoms with Gasteiger partial charge in [0.25, 0.3) is 5.56 Å². The maximum absolute atomic E-state index is 14.3. The smallest absolute Gasteiger partial charge is 0.407 e. The number of halogens is 4. The average molecular weight is 595 g/mol. The first-order valence-electron chi connectivity index (χ1n) is 12.8. The maximum Gasteiger partial charge on any atom is 0.407 e. The largest absolute Gasteiger partial charge is 0.453 e. The molecule has 0 bridgehead atoms. The highest BCUT2D eigenvalue weighted by molar-refractivity contribution is 5.89. The van der Waals surface area contributed by atoms with E-state index in [0.29, 0.717) is 0 Å². The number of ether oxygens (including phenoxy) is 1. The number of ketones is 1. The first-order valence-corrected chi connectivity index (χ1v) is 12.8. The number of aromatic nitrogens is 4. The summed E-state index contributed by atoms with van der Waals surface area (Å²) in [7, 11) is 4.32. The van der Waals surface area contributed by atoms with Gasteiger partial charge in [0.1, 0.15) is 11.3 Å². The molecule has 0 saturated heterocycles. The van der Waals surface area contributed by atoms with Gasteiger partial charge < -0.3 is 24.5 Å². The van der Waals surface area contributed by atoms with Crippen LogP contribution in [0.15, 0.2) is 41.5 Å². The second-order valence-corrected chi connectivity index (χ2v) is 9.59. The van der Waals surface area contributed by atoms with E-state index in [2.05, 4.69) is 25.0 Å². The summed E-state index contributed by atoms with van der Waals surface area (Å²) in [5.41, 5.74) is -0.664. The van der Waals surface area contributed by atoms with Gasteiger partial charge in [0.15, 0.2) is 11.6 Å². The van der Waals surface area contributed by atoms with Gasteiger partial charge in [-0.25, -0.2) is 14.2 Å². The van der Waals surface area contributed by atoms with Crippen molar-refractivity contribution in [3.05, 3.63) is 69.9 Å². The molecule has 0 aromatic carbocycles. The Labute approximate surface area is 237 Å². The molecule has 2 N–H and O–H groups in total. The van der Waals surface area contributed by atoms with Gasteiger partial charge in [-0.05, 0) is 25.0 Å². The van der Waals surface area contributed by atoms with Gasteiger partial charge >= 0.3 is 12.3 Å². The highest BCUT2D eigenvalue weighted by atomic mass is 19.4. The van der Waals surface area contributed by atoms with Crippen LogP contribution in [0.2, 0.25) is 0 Å². The number of allylic oxidation sites excluding steroid dienone is 1. The van der Waals surface area contributed by atoms with E-state index in [1.807, 2.05) is 0 Å². The Hall–Kier alpha value is -4.56. The van der Waals surface area contributed by atoms with Gasteiger partial charge in [-0.2, -0.15) is 13.2 Å². The highest BCUT2D eigenvalue weighted by Crippen LogP contribution is 2.25. The number of alkyl carbamates (subject to hydrolysis) is 1. The molecule has 0 aliphatic rings. The number of imidazole rings is 1. The van der Waals surface area contributed by atoms with Gasteiger partial charge in [0.2, 0.25) is 5.91 Å². The zero-order valence-corrected chi connectivity index (χ0v) is 23.1. The molecule has 0 aliphatic carbocycles. The third-order valence-corrected chi connectivity index (χ3v) is 6.22. The Morgan fingerprint density at radius 2 is 2.00 bits per heavy atom. The molecule has 15 heteroatoms. The number of Topliss-reactive ketones (excluding diaryl/α,β-unsaturated/α-hetero) is 1. The fourth-order valence-corrected chi connectivity index (χ4v) is 4.02. The van der Waals surface area contributed by atoms with Crippen LogP contribution in [0.3, 0.4) is 0 Å². The number of carbonyl (C=O) groups excluding carboxylic acids is 3. The van der Waals surface area contributed by atoms with Crippen LogP contribution in [0.25, 0.3) is 11.0 Å². The molecule has 11 nitrogen and oxygen atoms in total. The summed E-state index contributed by atoms with van der Waals surface area (Å²) < 4.78 is 58.3. The van der Waals surface area contributed by atoms with E-state index in [-0.39, 0.29) is 59.8 Å². The number of carbonyl (C=O) groups is 3. The van der Waals surface area contributed by atoms with Crippen molar-refractivity contribution in [2.45, 2.75) is 50.9 Å². The Morgan fingerprint density at radius 3 is 2.67 bits per heavy atom. The van der Waals surface area contributed by atoms with Crippen molar-refractivity contribution in [3.63, 3.8) is 0 Å². The zero-order valence-electron chi connectivity index (χ0n) is 23.1. The normalized spacial score (nSPS) is 12.5. The Morgan fingerprint density at radius 1 is 1.26 bits per heavy atom. The van der Waals surface area contributed by atoms with E-state index in [1.165, 1.54) is 33.9 Å². The lowest BCUT2D eigenvalue weighted by molar-refractivity contribution is -0.134. The quantitative estimate of drug-likeness (QED) is 0.243. The lowest BCUT2D eigenvalue weighted by Crippen LogP contribution is -2.42. The van der Waals surface area contributed by atoms with Crippen molar-refractivity contribution in [3.8, 4) is 0 Å². The van der Waals surface area contributed by atoms with Crippen LogP contribution in [0.4, 0.5) is 22.4 Å². The second kappa shape index (κ2) is 13.9. The number of aromatic amines is 1. The molecule has 42 heavy (non-hydrogen) atoms. The van der Waals surface area contributed by atoms with E-state index in [9.17, 15) is 36.7 Å². The van der Waals surface area contributed by atoms with E-state index in [4.69, 9.17) is 0 Å². The number of fused-ring (bicyclic) bond motifs is 1. The third kappa shape index (κ3) is 8.72. The average Bonchev–Trinajstić information content (AvgIpc) is 3.36. The van der Waals surface area contributed by atoms with E-state index in [1.54, 1.807) is 20.2 Å².